The summed E-state index contributed by atoms with van der Waals surface area (Å²) < 4.78 is 0.888. The Balaban J connectivity index is 2.16. The fourth-order valence-corrected chi connectivity index (χ4v) is 3.01. The minimum atomic E-state index is 0.214. The molecular weight excluding hydrogens is 202 g/mol. The molecule has 0 spiro atoms. The maximum atomic E-state index is 6.12. The lowest BCUT2D eigenvalue weighted by Crippen LogP contribution is -2.11. The smallest absolute Gasteiger partial charge is 0.0960 e. The van der Waals surface area contributed by atoms with Gasteiger partial charge in [0.05, 0.1) is 4.34 Å². The molecule has 0 radical (unpaired) electrons. The third-order valence-corrected chi connectivity index (χ3v) is 4.49. The van der Waals surface area contributed by atoms with Crippen LogP contribution in [0.4, 0.5) is 0 Å². The van der Waals surface area contributed by atoms with E-state index < -0.39 is 0 Å². The van der Waals surface area contributed by atoms with Crippen molar-refractivity contribution in [2.75, 3.05) is 0 Å². The highest BCUT2D eigenvalue weighted by molar-refractivity contribution is 7.16. The summed E-state index contributed by atoms with van der Waals surface area (Å²) in [5.41, 5.74) is 7.28. The van der Waals surface area contributed by atoms with E-state index in [9.17, 15) is 0 Å². The quantitative estimate of drug-likeness (QED) is 0.805. The standard InChI is InChI=1S/C10H14ClNS/c1-5-3-7(5)9(12)8-4-6(2)10(11)13-8/h4-5,7,9H,3,12H2,1-2H3. The maximum absolute atomic E-state index is 6.12. The van der Waals surface area contributed by atoms with Gasteiger partial charge in [-0.3, -0.25) is 0 Å². The first-order chi connectivity index (χ1) is 6.09. The normalized spacial score (nSPS) is 28.9. The van der Waals surface area contributed by atoms with Crippen molar-refractivity contribution in [3.05, 3.63) is 20.8 Å². The van der Waals surface area contributed by atoms with E-state index >= 15 is 0 Å². The zero-order valence-electron chi connectivity index (χ0n) is 7.88. The predicted octanol–water partition coefficient (Wildman–Crippen LogP) is 3.37. The third kappa shape index (κ3) is 1.76. The van der Waals surface area contributed by atoms with Crippen molar-refractivity contribution in [3.8, 4) is 0 Å². The Morgan fingerprint density at radius 2 is 2.31 bits per heavy atom. The number of nitrogens with two attached hydrogens (primary N) is 1. The van der Waals surface area contributed by atoms with Crippen molar-refractivity contribution in [2.45, 2.75) is 26.3 Å². The van der Waals surface area contributed by atoms with Crippen molar-refractivity contribution in [3.63, 3.8) is 0 Å². The third-order valence-electron chi connectivity index (χ3n) is 2.84. The lowest BCUT2D eigenvalue weighted by atomic mass is 10.1. The zero-order valence-corrected chi connectivity index (χ0v) is 9.45. The molecule has 0 amide bonds. The molecule has 72 valence electrons. The van der Waals surface area contributed by atoms with Crippen LogP contribution in [0.3, 0.4) is 0 Å². The molecule has 0 aliphatic heterocycles. The van der Waals surface area contributed by atoms with Crippen LogP contribution in [-0.4, -0.2) is 0 Å². The molecular formula is C10H14ClNS. The predicted molar refractivity (Wildman–Crippen MR) is 58.3 cm³/mol. The summed E-state index contributed by atoms with van der Waals surface area (Å²) in [7, 11) is 0. The van der Waals surface area contributed by atoms with Crippen LogP contribution >= 0.6 is 22.9 Å². The Bertz CT molecular complexity index is 301. The highest BCUT2D eigenvalue weighted by atomic mass is 35.5. The van der Waals surface area contributed by atoms with Crippen molar-refractivity contribution in [2.24, 2.45) is 17.6 Å². The summed E-state index contributed by atoms with van der Waals surface area (Å²) in [4.78, 5) is 1.25. The number of aryl methyl sites for hydroxylation is 1. The molecule has 1 aromatic rings. The zero-order chi connectivity index (χ0) is 9.59. The van der Waals surface area contributed by atoms with Crippen LogP contribution in [0.15, 0.2) is 6.07 Å². The van der Waals surface area contributed by atoms with Gasteiger partial charge in [0.25, 0.3) is 0 Å². The van der Waals surface area contributed by atoms with E-state index in [1.54, 1.807) is 11.3 Å². The summed E-state index contributed by atoms with van der Waals surface area (Å²) in [6, 6.07) is 2.34. The molecule has 1 aromatic heterocycles. The number of halogens is 1. The van der Waals surface area contributed by atoms with Crippen LogP contribution in [0.2, 0.25) is 4.34 Å². The first-order valence-corrected chi connectivity index (χ1v) is 5.80. The van der Waals surface area contributed by atoms with Gasteiger partial charge in [0.1, 0.15) is 0 Å². The second kappa shape index (κ2) is 3.26. The van der Waals surface area contributed by atoms with Gasteiger partial charge < -0.3 is 5.73 Å². The van der Waals surface area contributed by atoms with E-state index in [2.05, 4.69) is 13.0 Å². The molecule has 0 saturated heterocycles. The summed E-state index contributed by atoms with van der Waals surface area (Å²) in [6.45, 7) is 4.29. The fourth-order valence-electron chi connectivity index (χ4n) is 1.71. The van der Waals surface area contributed by atoms with E-state index in [1.807, 2.05) is 6.92 Å². The fraction of sp³-hybridized carbons (Fsp3) is 0.600. The van der Waals surface area contributed by atoms with Crippen molar-refractivity contribution in [1.29, 1.82) is 0 Å². The molecule has 3 unspecified atom stereocenters. The van der Waals surface area contributed by atoms with Gasteiger partial charge in [-0.15, -0.1) is 11.3 Å². The van der Waals surface area contributed by atoms with Gasteiger partial charge in [0, 0.05) is 10.9 Å². The average Bonchev–Trinajstić information content (AvgIpc) is 2.70. The van der Waals surface area contributed by atoms with Crippen LogP contribution in [0.1, 0.15) is 29.8 Å². The van der Waals surface area contributed by atoms with Gasteiger partial charge in [-0.2, -0.15) is 0 Å². The molecule has 0 bridgehead atoms. The monoisotopic (exact) mass is 215 g/mol. The molecule has 1 aliphatic carbocycles. The molecule has 2 N–H and O–H groups in total. The van der Waals surface area contributed by atoms with Crippen LogP contribution in [0, 0.1) is 18.8 Å². The Morgan fingerprint density at radius 1 is 1.69 bits per heavy atom. The van der Waals surface area contributed by atoms with Gasteiger partial charge in [-0.1, -0.05) is 18.5 Å². The van der Waals surface area contributed by atoms with Crippen LogP contribution in [0.25, 0.3) is 0 Å². The molecule has 1 fully saturated rings. The molecule has 3 atom stereocenters. The second-order valence-corrected chi connectivity index (χ2v) is 5.69. The van der Waals surface area contributed by atoms with Crippen LogP contribution in [-0.2, 0) is 0 Å². The second-order valence-electron chi connectivity index (χ2n) is 4.01. The number of thiophene rings is 1. The highest BCUT2D eigenvalue weighted by Gasteiger charge is 2.38. The molecule has 1 aliphatic rings. The number of hydrogen-bond acceptors (Lipinski definition) is 2. The van der Waals surface area contributed by atoms with E-state index in [1.165, 1.54) is 11.3 Å². The Kier molecular flexibility index (Phi) is 2.39. The lowest BCUT2D eigenvalue weighted by Gasteiger charge is -2.06. The van der Waals surface area contributed by atoms with E-state index in [0.29, 0.717) is 5.92 Å². The SMILES string of the molecule is Cc1cc(C(N)C2CC2C)sc1Cl. The molecule has 2 rings (SSSR count). The Morgan fingerprint density at radius 3 is 2.69 bits per heavy atom. The lowest BCUT2D eigenvalue weighted by molar-refractivity contribution is 0.602. The van der Waals surface area contributed by atoms with Gasteiger partial charge in [0.15, 0.2) is 0 Å². The van der Waals surface area contributed by atoms with Gasteiger partial charge >= 0.3 is 0 Å². The van der Waals surface area contributed by atoms with E-state index in [4.69, 9.17) is 17.3 Å². The Labute approximate surface area is 87.9 Å². The number of hydrogen-bond donors (Lipinski definition) is 1. The topological polar surface area (TPSA) is 26.0 Å². The molecule has 1 nitrogen and oxygen atoms in total. The maximum Gasteiger partial charge on any atom is 0.0960 e. The highest BCUT2D eigenvalue weighted by Crippen LogP contribution is 2.47. The first-order valence-electron chi connectivity index (χ1n) is 4.61. The molecule has 13 heavy (non-hydrogen) atoms. The summed E-state index contributed by atoms with van der Waals surface area (Å²) in [5, 5.41) is 0. The van der Waals surface area contributed by atoms with Crippen molar-refractivity contribution in [1.82, 2.24) is 0 Å². The van der Waals surface area contributed by atoms with E-state index in [0.717, 1.165) is 15.8 Å². The van der Waals surface area contributed by atoms with Gasteiger partial charge in [-0.25, -0.2) is 0 Å². The molecule has 1 saturated carbocycles. The summed E-state index contributed by atoms with van der Waals surface area (Å²) in [5.74, 6) is 1.49. The molecule has 3 heteroatoms. The van der Waals surface area contributed by atoms with Gasteiger partial charge in [0.2, 0.25) is 0 Å². The minimum absolute atomic E-state index is 0.214. The largest absolute Gasteiger partial charge is 0.323 e. The average molecular weight is 216 g/mol. The van der Waals surface area contributed by atoms with Crippen LogP contribution < -0.4 is 5.73 Å². The van der Waals surface area contributed by atoms with E-state index in [-0.39, 0.29) is 6.04 Å². The first kappa shape index (κ1) is 9.50. The summed E-state index contributed by atoms with van der Waals surface area (Å²) >= 11 is 7.63. The molecule has 0 aromatic carbocycles. The minimum Gasteiger partial charge on any atom is -0.323 e. The van der Waals surface area contributed by atoms with Crippen molar-refractivity contribution >= 4 is 22.9 Å². The Hall–Kier alpha value is -0.0500. The van der Waals surface area contributed by atoms with Gasteiger partial charge in [-0.05, 0) is 36.8 Å². The summed E-state index contributed by atoms with van der Waals surface area (Å²) in [6.07, 6.45) is 1.27. The molecule has 1 heterocycles. The van der Waals surface area contributed by atoms with Crippen molar-refractivity contribution < 1.29 is 0 Å². The van der Waals surface area contributed by atoms with Crippen LogP contribution in [0.5, 0.6) is 0 Å². The number of rotatable bonds is 2.